The van der Waals surface area contributed by atoms with Gasteiger partial charge in [0.05, 0.1) is 42.0 Å². The smallest absolute Gasteiger partial charge is 0.137 e. The highest BCUT2D eigenvalue weighted by molar-refractivity contribution is 5.81. The second kappa shape index (κ2) is 22.0. The lowest BCUT2D eigenvalue weighted by Crippen LogP contribution is -2.52. The summed E-state index contributed by atoms with van der Waals surface area (Å²) in [7, 11) is 0. The van der Waals surface area contributed by atoms with E-state index < -0.39 is 12.2 Å². The standard InChI is InChI=1S/C50H80N2O4/c1-13-41-18-16-14-15-17-33(4)45(30-52)38(9)46(53)26-36(7)37(8)49(55)39(10)48(54)34(5)19-20-42-27-43-40(11)50(12,56-47(22-21-41)44(43)28-42)24-23-32(3)35(6)25-31(2)29-51/h14-16,18-20,28,31-41,43-45,47-49,54-55H,13,17,21-27H2,1-12H3/b15-14+,18-16+,20-19+. The molecule has 1 fully saturated rings. The minimum absolute atomic E-state index is 0.0350. The first-order valence-corrected chi connectivity index (χ1v) is 22.5. The van der Waals surface area contributed by atoms with Crippen LogP contribution in [0.25, 0.3) is 0 Å². The average Bonchev–Trinajstić information content (AvgIpc) is 3.61. The van der Waals surface area contributed by atoms with E-state index in [1.54, 1.807) is 0 Å². The molecule has 2 N–H and O–H groups in total. The predicted octanol–water partition coefficient (Wildman–Crippen LogP) is 11.5. The molecular weight excluding hydrogens is 693 g/mol. The highest BCUT2D eigenvalue weighted by Crippen LogP contribution is 2.52. The quantitative estimate of drug-likeness (QED) is 0.266. The third-order valence-corrected chi connectivity index (χ3v) is 15.3. The number of hydrogen-bond acceptors (Lipinski definition) is 6. The molecule has 0 amide bonds. The molecule has 0 aromatic rings. The van der Waals surface area contributed by atoms with E-state index in [2.05, 4.69) is 96.2 Å². The molecule has 1 saturated heterocycles. The zero-order valence-electron chi connectivity index (χ0n) is 37.3. The van der Waals surface area contributed by atoms with E-state index in [1.807, 2.05) is 41.5 Å². The molecule has 1 aliphatic heterocycles. The molecule has 18 unspecified atom stereocenters. The summed E-state index contributed by atoms with van der Waals surface area (Å²) in [5.74, 6) is 1.22. The molecule has 0 spiro atoms. The van der Waals surface area contributed by atoms with Crippen LogP contribution in [0.5, 0.6) is 0 Å². The fourth-order valence-corrected chi connectivity index (χ4v) is 10.1. The third kappa shape index (κ3) is 12.5. The van der Waals surface area contributed by atoms with Crippen LogP contribution in [0.2, 0.25) is 0 Å². The van der Waals surface area contributed by atoms with E-state index in [9.17, 15) is 25.5 Å². The van der Waals surface area contributed by atoms with Crippen LogP contribution in [0.15, 0.2) is 48.1 Å². The largest absolute Gasteiger partial charge is 0.392 e. The second-order valence-corrected chi connectivity index (χ2v) is 19.5. The van der Waals surface area contributed by atoms with Gasteiger partial charge in [0.2, 0.25) is 0 Å². The maximum Gasteiger partial charge on any atom is 0.137 e. The Labute approximate surface area is 342 Å². The number of rotatable bonds is 7. The van der Waals surface area contributed by atoms with Crippen molar-refractivity contribution in [2.75, 3.05) is 0 Å². The Morgan fingerprint density at radius 2 is 1.61 bits per heavy atom. The first kappa shape index (κ1) is 47.9. The minimum atomic E-state index is -0.769. The fraction of sp³-hybridized carbons (Fsp3) is 0.780. The number of nitriles is 2. The van der Waals surface area contributed by atoms with E-state index in [0.717, 1.165) is 51.4 Å². The molecule has 0 aromatic heterocycles. The third-order valence-electron chi connectivity index (χ3n) is 15.3. The lowest BCUT2D eigenvalue weighted by atomic mass is 9.67. The number of aliphatic hydroxyl groups is 2. The van der Waals surface area contributed by atoms with Gasteiger partial charge in [-0.05, 0) is 113 Å². The van der Waals surface area contributed by atoms with Crippen LogP contribution in [-0.4, -0.2) is 39.9 Å². The molecule has 56 heavy (non-hydrogen) atoms. The number of hydrogen-bond donors (Lipinski definition) is 2. The van der Waals surface area contributed by atoms with Crippen molar-refractivity contribution in [3.63, 3.8) is 0 Å². The maximum atomic E-state index is 13.5. The minimum Gasteiger partial charge on any atom is -0.392 e. The maximum absolute atomic E-state index is 13.5. The van der Waals surface area contributed by atoms with Crippen molar-refractivity contribution in [3.8, 4) is 12.1 Å². The van der Waals surface area contributed by atoms with Crippen LogP contribution < -0.4 is 0 Å². The molecule has 0 aromatic carbocycles. The van der Waals surface area contributed by atoms with Crippen molar-refractivity contribution < 1.29 is 19.7 Å². The van der Waals surface area contributed by atoms with Gasteiger partial charge in [0.15, 0.2) is 0 Å². The molecule has 2 aliphatic carbocycles. The first-order chi connectivity index (χ1) is 26.4. The van der Waals surface area contributed by atoms with E-state index in [0.29, 0.717) is 41.9 Å². The van der Waals surface area contributed by atoms with Crippen molar-refractivity contribution in [1.29, 1.82) is 10.5 Å². The summed E-state index contributed by atoms with van der Waals surface area (Å²) in [5, 5.41) is 42.5. The van der Waals surface area contributed by atoms with Gasteiger partial charge in [-0.1, -0.05) is 117 Å². The summed E-state index contributed by atoms with van der Waals surface area (Å²) in [4.78, 5) is 13.5. The van der Waals surface area contributed by atoms with Gasteiger partial charge in [-0.15, -0.1) is 0 Å². The summed E-state index contributed by atoms with van der Waals surface area (Å²) in [5.41, 5.74) is 1.08. The van der Waals surface area contributed by atoms with Gasteiger partial charge >= 0.3 is 0 Å². The Kier molecular flexibility index (Phi) is 18.8. The molecule has 6 nitrogen and oxygen atoms in total. The number of carbonyl (C=O) groups is 1. The van der Waals surface area contributed by atoms with Crippen molar-refractivity contribution >= 4 is 5.78 Å². The second-order valence-electron chi connectivity index (χ2n) is 19.5. The SMILES string of the molecule is CCC1/C=C/C=C/CC(C)C(C#N)C(C)C(=O)CC(C)C(C)C(O)C(C)C(O)C(C)/C=C/C2=CC3C(CC1)OC(C)(CCC(C)C(C)CC(C)C#N)C(C)C3C2. The van der Waals surface area contributed by atoms with Gasteiger partial charge in [-0.2, -0.15) is 10.5 Å². The zero-order valence-corrected chi connectivity index (χ0v) is 37.3. The first-order valence-electron chi connectivity index (χ1n) is 22.5. The average molecular weight is 773 g/mol. The summed E-state index contributed by atoms with van der Waals surface area (Å²) in [6.45, 7) is 25.5. The van der Waals surface area contributed by atoms with Crippen LogP contribution in [0.1, 0.15) is 141 Å². The molecule has 1 heterocycles. The van der Waals surface area contributed by atoms with Crippen molar-refractivity contribution in [1.82, 2.24) is 0 Å². The molecule has 0 saturated carbocycles. The van der Waals surface area contributed by atoms with Gasteiger partial charge in [-0.3, -0.25) is 4.79 Å². The number of ether oxygens (including phenoxy) is 1. The Balaban J connectivity index is 1.92. The lowest BCUT2D eigenvalue weighted by molar-refractivity contribution is -0.193. The van der Waals surface area contributed by atoms with Crippen molar-refractivity contribution in [2.24, 2.45) is 82.9 Å². The molecule has 6 heteroatoms. The Morgan fingerprint density at radius 3 is 2.25 bits per heavy atom. The summed E-state index contributed by atoms with van der Waals surface area (Å²) in [6.07, 6.45) is 22.3. The van der Waals surface area contributed by atoms with Gasteiger partial charge in [0.1, 0.15) is 5.78 Å². The number of ketones is 1. The predicted molar refractivity (Wildman–Crippen MR) is 230 cm³/mol. The molecule has 2 bridgehead atoms. The van der Waals surface area contributed by atoms with E-state index in [1.165, 1.54) is 5.57 Å². The molecular formula is C50H80N2O4. The Bertz CT molecular complexity index is 1450. The van der Waals surface area contributed by atoms with Crippen molar-refractivity contribution in [3.05, 3.63) is 48.1 Å². The van der Waals surface area contributed by atoms with Crippen LogP contribution in [0.3, 0.4) is 0 Å². The molecule has 3 rings (SSSR count). The van der Waals surface area contributed by atoms with Crippen LogP contribution in [0.4, 0.5) is 0 Å². The summed E-state index contributed by atoms with van der Waals surface area (Å²) < 4.78 is 7.30. The van der Waals surface area contributed by atoms with Crippen LogP contribution in [0, 0.1) is 106 Å². The normalized spacial score (nSPS) is 42.7. The molecule has 0 radical (unpaired) electrons. The number of Topliss-reactive ketones (excluding diaryl/α,β-unsaturated/α-hetero) is 1. The number of carbonyl (C=O) groups excluding carboxylic acids is 1. The van der Waals surface area contributed by atoms with Crippen LogP contribution in [-0.2, 0) is 9.53 Å². The van der Waals surface area contributed by atoms with Crippen molar-refractivity contribution in [2.45, 2.75) is 165 Å². The number of aliphatic hydroxyl groups excluding tert-OH is 2. The van der Waals surface area contributed by atoms with Gasteiger partial charge in [-0.25, -0.2) is 0 Å². The van der Waals surface area contributed by atoms with E-state index in [-0.39, 0.29) is 64.8 Å². The molecule has 314 valence electrons. The Morgan fingerprint density at radius 1 is 0.911 bits per heavy atom. The van der Waals surface area contributed by atoms with E-state index >= 15 is 0 Å². The summed E-state index contributed by atoms with van der Waals surface area (Å²) >= 11 is 0. The van der Waals surface area contributed by atoms with Crippen LogP contribution >= 0.6 is 0 Å². The fourth-order valence-electron chi connectivity index (χ4n) is 10.1. The zero-order chi connectivity index (χ0) is 41.9. The highest BCUT2D eigenvalue weighted by atomic mass is 16.5. The molecule has 18 atom stereocenters. The van der Waals surface area contributed by atoms with E-state index in [4.69, 9.17) is 4.74 Å². The van der Waals surface area contributed by atoms with Gasteiger partial charge < -0.3 is 14.9 Å². The van der Waals surface area contributed by atoms with Gasteiger partial charge in [0.25, 0.3) is 0 Å². The number of nitrogens with zero attached hydrogens (tertiary/aromatic N) is 2. The van der Waals surface area contributed by atoms with Gasteiger partial charge in [0, 0.05) is 36.0 Å². The topological polar surface area (TPSA) is 114 Å². The Hall–Kier alpha value is -2.51. The lowest BCUT2D eigenvalue weighted by Gasteiger charge is -2.51. The highest BCUT2D eigenvalue weighted by Gasteiger charge is 2.50. The summed E-state index contributed by atoms with van der Waals surface area (Å²) in [6, 6.07) is 4.86. The monoisotopic (exact) mass is 773 g/mol. The molecule has 3 aliphatic rings. The number of allylic oxidation sites excluding steroid dienone is 6.